The van der Waals surface area contributed by atoms with E-state index in [1.807, 2.05) is 6.92 Å². The Hall–Kier alpha value is -0.570. The van der Waals surface area contributed by atoms with E-state index >= 15 is 0 Å². The van der Waals surface area contributed by atoms with Crippen molar-refractivity contribution < 1.29 is 9.53 Å². The Morgan fingerprint density at radius 3 is 2.73 bits per heavy atom. The van der Waals surface area contributed by atoms with E-state index in [1.165, 1.54) is 25.7 Å². The van der Waals surface area contributed by atoms with Crippen molar-refractivity contribution in [1.82, 2.24) is 0 Å². The highest BCUT2D eigenvalue weighted by molar-refractivity contribution is 5.69. The van der Waals surface area contributed by atoms with Gasteiger partial charge in [0.2, 0.25) is 0 Å². The first-order valence-corrected chi connectivity index (χ1v) is 6.13. The SMILES string of the molecule is CCOC(=O)CCC(N)CC1CCCC1. The molecule has 0 spiro atoms. The Balaban J connectivity index is 2.07. The second kappa shape index (κ2) is 6.83. The van der Waals surface area contributed by atoms with Crippen molar-refractivity contribution in [1.29, 1.82) is 0 Å². The van der Waals surface area contributed by atoms with Crippen LogP contribution in [-0.2, 0) is 9.53 Å². The molecule has 0 aliphatic heterocycles. The molecule has 1 aliphatic carbocycles. The minimum Gasteiger partial charge on any atom is -0.466 e. The number of nitrogens with two attached hydrogens (primary N) is 1. The molecule has 2 N–H and O–H groups in total. The molecular formula is C12H23NO2. The summed E-state index contributed by atoms with van der Waals surface area (Å²) >= 11 is 0. The Morgan fingerprint density at radius 1 is 1.47 bits per heavy atom. The zero-order chi connectivity index (χ0) is 11.1. The molecule has 1 atom stereocenters. The van der Waals surface area contributed by atoms with Gasteiger partial charge in [0.15, 0.2) is 0 Å². The number of carbonyl (C=O) groups is 1. The van der Waals surface area contributed by atoms with Crippen LogP contribution >= 0.6 is 0 Å². The van der Waals surface area contributed by atoms with E-state index in [2.05, 4.69) is 0 Å². The lowest BCUT2D eigenvalue weighted by Gasteiger charge is -2.15. The maximum Gasteiger partial charge on any atom is 0.305 e. The summed E-state index contributed by atoms with van der Waals surface area (Å²) in [4.78, 5) is 11.1. The molecule has 1 fully saturated rings. The van der Waals surface area contributed by atoms with Crippen molar-refractivity contribution >= 4 is 5.97 Å². The molecule has 0 radical (unpaired) electrons. The summed E-state index contributed by atoms with van der Waals surface area (Å²) in [6.07, 6.45) is 7.70. The zero-order valence-corrected chi connectivity index (χ0v) is 9.71. The largest absolute Gasteiger partial charge is 0.466 e. The van der Waals surface area contributed by atoms with Gasteiger partial charge in [-0.3, -0.25) is 4.79 Å². The maximum atomic E-state index is 11.1. The molecule has 0 aromatic carbocycles. The van der Waals surface area contributed by atoms with Crippen LogP contribution in [0.25, 0.3) is 0 Å². The van der Waals surface area contributed by atoms with Crippen LogP contribution in [0, 0.1) is 5.92 Å². The fourth-order valence-electron chi connectivity index (χ4n) is 2.33. The number of ether oxygens (including phenoxy) is 1. The van der Waals surface area contributed by atoms with Gasteiger partial charge in [0.05, 0.1) is 6.61 Å². The smallest absolute Gasteiger partial charge is 0.305 e. The van der Waals surface area contributed by atoms with E-state index in [-0.39, 0.29) is 12.0 Å². The van der Waals surface area contributed by atoms with Gasteiger partial charge in [-0.1, -0.05) is 25.7 Å². The van der Waals surface area contributed by atoms with Crippen LogP contribution in [0.15, 0.2) is 0 Å². The lowest BCUT2D eigenvalue weighted by molar-refractivity contribution is -0.143. The van der Waals surface area contributed by atoms with Crippen LogP contribution in [0.4, 0.5) is 0 Å². The predicted molar refractivity (Wildman–Crippen MR) is 60.4 cm³/mol. The summed E-state index contributed by atoms with van der Waals surface area (Å²) in [5, 5.41) is 0. The van der Waals surface area contributed by atoms with Gasteiger partial charge in [0, 0.05) is 12.5 Å². The number of carbonyl (C=O) groups excluding carboxylic acids is 1. The third-order valence-corrected chi connectivity index (χ3v) is 3.14. The summed E-state index contributed by atoms with van der Waals surface area (Å²) < 4.78 is 4.87. The molecular weight excluding hydrogens is 190 g/mol. The monoisotopic (exact) mass is 213 g/mol. The van der Waals surface area contributed by atoms with E-state index < -0.39 is 0 Å². The van der Waals surface area contributed by atoms with Gasteiger partial charge in [-0.15, -0.1) is 0 Å². The van der Waals surface area contributed by atoms with Gasteiger partial charge in [0.25, 0.3) is 0 Å². The third kappa shape index (κ3) is 5.17. The summed E-state index contributed by atoms with van der Waals surface area (Å²) in [7, 11) is 0. The zero-order valence-electron chi connectivity index (χ0n) is 9.71. The molecule has 0 aromatic heterocycles. The quantitative estimate of drug-likeness (QED) is 0.688. The number of esters is 1. The molecule has 88 valence electrons. The lowest BCUT2D eigenvalue weighted by atomic mass is 9.96. The second-order valence-corrected chi connectivity index (χ2v) is 4.49. The first kappa shape index (κ1) is 12.5. The van der Waals surface area contributed by atoms with Crippen molar-refractivity contribution in [3.63, 3.8) is 0 Å². The van der Waals surface area contributed by atoms with Crippen LogP contribution < -0.4 is 5.73 Å². The fraction of sp³-hybridized carbons (Fsp3) is 0.917. The van der Waals surface area contributed by atoms with Gasteiger partial charge < -0.3 is 10.5 Å². The van der Waals surface area contributed by atoms with E-state index in [0.29, 0.717) is 13.0 Å². The molecule has 0 bridgehead atoms. The fourth-order valence-corrected chi connectivity index (χ4v) is 2.33. The van der Waals surface area contributed by atoms with Gasteiger partial charge in [-0.25, -0.2) is 0 Å². The highest BCUT2D eigenvalue weighted by Crippen LogP contribution is 2.28. The highest BCUT2D eigenvalue weighted by Gasteiger charge is 2.18. The summed E-state index contributed by atoms with van der Waals surface area (Å²) in [5.41, 5.74) is 5.99. The molecule has 0 aromatic rings. The lowest BCUT2D eigenvalue weighted by Crippen LogP contribution is -2.24. The van der Waals surface area contributed by atoms with E-state index in [1.54, 1.807) is 0 Å². The van der Waals surface area contributed by atoms with Crippen LogP contribution in [0.2, 0.25) is 0 Å². The summed E-state index contributed by atoms with van der Waals surface area (Å²) in [5.74, 6) is 0.696. The molecule has 1 rings (SSSR count). The number of hydrogen-bond acceptors (Lipinski definition) is 3. The van der Waals surface area contributed by atoms with Crippen LogP contribution in [0.3, 0.4) is 0 Å². The van der Waals surface area contributed by atoms with Crippen molar-refractivity contribution in [2.24, 2.45) is 11.7 Å². The Morgan fingerprint density at radius 2 is 2.13 bits per heavy atom. The van der Waals surface area contributed by atoms with Gasteiger partial charge in [-0.05, 0) is 25.7 Å². The molecule has 15 heavy (non-hydrogen) atoms. The summed E-state index contributed by atoms with van der Waals surface area (Å²) in [6.45, 7) is 2.30. The highest BCUT2D eigenvalue weighted by atomic mass is 16.5. The Labute approximate surface area is 92.4 Å². The van der Waals surface area contributed by atoms with Crippen molar-refractivity contribution in [3.05, 3.63) is 0 Å². The minimum absolute atomic E-state index is 0.112. The molecule has 3 heteroatoms. The molecule has 1 saturated carbocycles. The molecule has 0 heterocycles. The van der Waals surface area contributed by atoms with Crippen molar-refractivity contribution in [2.45, 2.75) is 57.9 Å². The number of hydrogen-bond donors (Lipinski definition) is 1. The van der Waals surface area contributed by atoms with Crippen LogP contribution in [-0.4, -0.2) is 18.6 Å². The molecule has 1 aliphatic rings. The average molecular weight is 213 g/mol. The topological polar surface area (TPSA) is 52.3 Å². The van der Waals surface area contributed by atoms with Gasteiger partial charge in [-0.2, -0.15) is 0 Å². The molecule has 0 saturated heterocycles. The minimum atomic E-state index is -0.112. The second-order valence-electron chi connectivity index (χ2n) is 4.49. The molecule has 3 nitrogen and oxygen atoms in total. The first-order chi connectivity index (χ1) is 7.22. The third-order valence-electron chi connectivity index (χ3n) is 3.14. The normalized spacial score (nSPS) is 19.1. The molecule has 1 unspecified atom stereocenters. The predicted octanol–water partition coefficient (Wildman–Crippen LogP) is 2.24. The maximum absolute atomic E-state index is 11.1. The average Bonchev–Trinajstić information content (AvgIpc) is 2.68. The van der Waals surface area contributed by atoms with Crippen molar-refractivity contribution in [3.8, 4) is 0 Å². The number of rotatable bonds is 6. The standard InChI is InChI=1S/C12H23NO2/c1-2-15-12(14)8-7-11(13)9-10-5-3-4-6-10/h10-11H,2-9,13H2,1H3. The first-order valence-electron chi connectivity index (χ1n) is 6.13. The van der Waals surface area contributed by atoms with Crippen LogP contribution in [0.1, 0.15) is 51.9 Å². The van der Waals surface area contributed by atoms with Gasteiger partial charge >= 0.3 is 5.97 Å². The van der Waals surface area contributed by atoms with Crippen molar-refractivity contribution in [2.75, 3.05) is 6.61 Å². The van der Waals surface area contributed by atoms with Crippen LogP contribution in [0.5, 0.6) is 0 Å². The van der Waals surface area contributed by atoms with E-state index in [9.17, 15) is 4.79 Å². The molecule has 0 amide bonds. The van der Waals surface area contributed by atoms with E-state index in [0.717, 1.165) is 18.8 Å². The van der Waals surface area contributed by atoms with Gasteiger partial charge in [0.1, 0.15) is 0 Å². The van der Waals surface area contributed by atoms with E-state index in [4.69, 9.17) is 10.5 Å². The summed E-state index contributed by atoms with van der Waals surface area (Å²) in [6, 6.07) is 0.178. The Kier molecular flexibility index (Phi) is 5.69. The Bertz CT molecular complexity index is 188.